The van der Waals surface area contributed by atoms with Crippen LogP contribution in [0.15, 0.2) is 0 Å². The summed E-state index contributed by atoms with van der Waals surface area (Å²) < 4.78 is 20.6. The maximum absolute atomic E-state index is 10.3. The predicted molar refractivity (Wildman–Crippen MR) is 40.6 cm³/mol. The van der Waals surface area contributed by atoms with Crippen LogP contribution in [0.2, 0.25) is 0 Å². The Morgan fingerprint density at radius 1 is 1.73 bits per heavy atom. The smallest absolute Gasteiger partial charge is 0.0616 e. The van der Waals surface area contributed by atoms with Crippen LogP contribution in [0.1, 0.15) is 12.8 Å². The Morgan fingerprint density at radius 2 is 2.45 bits per heavy atom. The van der Waals surface area contributed by atoms with E-state index in [0.717, 1.165) is 19.4 Å². The van der Waals surface area contributed by atoms with Gasteiger partial charge in [0.05, 0.1) is 12.5 Å². The number of rotatable bonds is 3. The zero-order chi connectivity index (χ0) is 8.27. The molecule has 1 fully saturated rings. The average molecular weight is 178 g/mol. The Balaban J connectivity index is 2.37. The molecular weight excluding hydrogens is 166 g/mol. The standard InChI is InChI=1S/C6H13NO3S/c8-4-6-2-1-3-7(6)5-11(9)10/h6,8H,1-5H2,(H,9,10)/p-1. The SMILES string of the molecule is O=S([O-])CN1CCCC1CO. The van der Waals surface area contributed by atoms with Crippen LogP contribution in [-0.4, -0.2) is 43.8 Å². The van der Waals surface area contributed by atoms with E-state index in [4.69, 9.17) is 5.11 Å². The van der Waals surface area contributed by atoms with Crippen LogP contribution >= 0.6 is 0 Å². The number of likely N-dealkylation sites (tertiary alicyclic amines) is 1. The van der Waals surface area contributed by atoms with Gasteiger partial charge < -0.3 is 9.66 Å². The van der Waals surface area contributed by atoms with Crippen LogP contribution in [0.5, 0.6) is 0 Å². The average Bonchev–Trinajstić information content (AvgIpc) is 2.34. The summed E-state index contributed by atoms with van der Waals surface area (Å²) >= 11 is -2.01. The molecule has 66 valence electrons. The van der Waals surface area contributed by atoms with Crippen molar-refractivity contribution >= 4 is 11.1 Å². The van der Waals surface area contributed by atoms with Crippen molar-refractivity contribution in [2.75, 3.05) is 19.0 Å². The highest BCUT2D eigenvalue weighted by atomic mass is 32.2. The summed E-state index contributed by atoms with van der Waals surface area (Å²) in [5, 5.41) is 8.81. The second-order valence-electron chi connectivity index (χ2n) is 2.72. The number of aliphatic hydroxyl groups is 1. The van der Waals surface area contributed by atoms with Crippen molar-refractivity contribution in [3.63, 3.8) is 0 Å². The molecule has 1 heterocycles. The van der Waals surface area contributed by atoms with Crippen molar-refractivity contribution in [2.45, 2.75) is 18.9 Å². The topological polar surface area (TPSA) is 63.6 Å². The fourth-order valence-electron chi connectivity index (χ4n) is 1.41. The van der Waals surface area contributed by atoms with Gasteiger partial charge >= 0.3 is 0 Å². The number of nitrogens with zero attached hydrogens (tertiary/aromatic N) is 1. The van der Waals surface area contributed by atoms with Crippen molar-refractivity contribution in [2.24, 2.45) is 0 Å². The highest BCUT2D eigenvalue weighted by Crippen LogP contribution is 2.15. The molecule has 4 nitrogen and oxygen atoms in total. The summed E-state index contributed by atoms with van der Waals surface area (Å²) in [4.78, 5) is 1.79. The van der Waals surface area contributed by atoms with E-state index in [1.54, 1.807) is 4.90 Å². The molecule has 0 radical (unpaired) electrons. The van der Waals surface area contributed by atoms with Crippen molar-refractivity contribution < 1.29 is 13.9 Å². The Hall–Kier alpha value is 0.0300. The molecule has 0 aliphatic carbocycles. The molecule has 0 aromatic heterocycles. The van der Waals surface area contributed by atoms with E-state index < -0.39 is 11.1 Å². The van der Waals surface area contributed by atoms with E-state index in [9.17, 15) is 8.76 Å². The van der Waals surface area contributed by atoms with Gasteiger partial charge in [-0.25, -0.2) is 0 Å². The molecule has 0 aromatic rings. The Morgan fingerprint density at radius 3 is 3.00 bits per heavy atom. The maximum atomic E-state index is 10.3. The van der Waals surface area contributed by atoms with E-state index in [-0.39, 0.29) is 18.5 Å². The normalized spacial score (nSPS) is 29.1. The summed E-state index contributed by atoms with van der Waals surface area (Å²) in [6.07, 6.45) is 1.90. The van der Waals surface area contributed by atoms with Gasteiger partial charge in [0.2, 0.25) is 0 Å². The highest BCUT2D eigenvalue weighted by Gasteiger charge is 2.22. The van der Waals surface area contributed by atoms with E-state index in [0.29, 0.717) is 0 Å². The highest BCUT2D eigenvalue weighted by molar-refractivity contribution is 7.79. The first-order valence-electron chi connectivity index (χ1n) is 3.65. The molecule has 0 bridgehead atoms. The van der Waals surface area contributed by atoms with Crippen LogP contribution in [0.4, 0.5) is 0 Å². The molecule has 1 saturated heterocycles. The number of hydrogen-bond acceptors (Lipinski definition) is 4. The lowest BCUT2D eigenvalue weighted by Crippen LogP contribution is -2.34. The molecule has 1 rings (SSSR count). The lowest BCUT2D eigenvalue weighted by molar-refractivity contribution is 0.174. The Bertz CT molecular complexity index is 153. The molecular formula is C6H12NO3S-. The summed E-state index contributed by atoms with van der Waals surface area (Å²) in [6.45, 7) is 0.858. The van der Waals surface area contributed by atoms with Crippen molar-refractivity contribution in [3.05, 3.63) is 0 Å². The molecule has 1 N–H and O–H groups in total. The van der Waals surface area contributed by atoms with Crippen LogP contribution in [0.3, 0.4) is 0 Å². The van der Waals surface area contributed by atoms with Crippen molar-refractivity contribution in [1.82, 2.24) is 4.90 Å². The first-order valence-corrected chi connectivity index (χ1v) is 4.89. The summed E-state index contributed by atoms with van der Waals surface area (Å²) in [7, 11) is 0. The van der Waals surface area contributed by atoms with Crippen LogP contribution in [0, 0.1) is 0 Å². The third-order valence-corrected chi connectivity index (χ3v) is 2.52. The Kier molecular flexibility index (Phi) is 3.45. The van der Waals surface area contributed by atoms with Gasteiger partial charge in [-0.15, -0.1) is 0 Å². The van der Waals surface area contributed by atoms with Gasteiger partial charge in [0.15, 0.2) is 0 Å². The summed E-state index contributed by atoms with van der Waals surface area (Å²) in [5.41, 5.74) is 0. The molecule has 1 aliphatic rings. The third-order valence-electron chi connectivity index (χ3n) is 1.98. The van der Waals surface area contributed by atoms with Crippen LogP contribution in [-0.2, 0) is 11.1 Å². The summed E-state index contributed by atoms with van der Waals surface area (Å²) in [6, 6.07) is 0.0629. The van der Waals surface area contributed by atoms with Gasteiger partial charge in [-0.3, -0.25) is 9.11 Å². The molecule has 11 heavy (non-hydrogen) atoms. The Labute approximate surface area is 68.5 Å². The fraction of sp³-hybridized carbons (Fsp3) is 1.00. The molecule has 0 saturated carbocycles. The first-order chi connectivity index (χ1) is 5.24. The van der Waals surface area contributed by atoms with Gasteiger partial charge in [0.1, 0.15) is 0 Å². The van der Waals surface area contributed by atoms with Crippen LogP contribution in [0.25, 0.3) is 0 Å². The van der Waals surface area contributed by atoms with Gasteiger partial charge in [0.25, 0.3) is 0 Å². The van der Waals surface area contributed by atoms with Crippen molar-refractivity contribution in [1.29, 1.82) is 0 Å². The van der Waals surface area contributed by atoms with Gasteiger partial charge in [0, 0.05) is 6.04 Å². The van der Waals surface area contributed by atoms with E-state index in [1.807, 2.05) is 0 Å². The third kappa shape index (κ3) is 2.52. The summed E-state index contributed by atoms with van der Waals surface area (Å²) in [5.74, 6) is 0.0607. The quantitative estimate of drug-likeness (QED) is 0.579. The van der Waals surface area contributed by atoms with E-state index in [1.165, 1.54) is 0 Å². The lowest BCUT2D eigenvalue weighted by atomic mass is 10.2. The molecule has 2 unspecified atom stereocenters. The zero-order valence-corrected chi connectivity index (χ0v) is 7.05. The molecule has 2 atom stereocenters. The second-order valence-corrected chi connectivity index (χ2v) is 3.59. The molecule has 5 heteroatoms. The van der Waals surface area contributed by atoms with E-state index >= 15 is 0 Å². The molecule has 1 aliphatic heterocycles. The first kappa shape index (κ1) is 9.12. The number of hydrogen-bond donors (Lipinski definition) is 1. The minimum absolute atomic E-state index is 0.0607. The minimum Gasteiger partial charge on any atom is -0.771 e. The van der Waals surface area contributed by atoms with Gasteiger partial charge in [-0.2, -0.15) is 0 Å². The second kappa shape index (κ2) is 4.15. The van der Waals surface area contributed by atoms with Crippen molar-refractivity contribution in [3.8, 4) is 0 Å². The number of aliphatic hydroxyl groups excluding tert-OH is 1. The van der Waals surface area contributed by atoms with E-state index in [2.05, 4.69) is 0 Å². The molecule has 0 spiro atoms. The fourth-order valence-corrected chi connectivity index (χ4v) is 2.02. The molecule has 0 aromatic carbocycles. The minimum atomic E-state index is -2.01. The van der Waals surface area contributed by atoms with Crippen LogP contribution < -0.4 is 0 Å². The monoisotopic (exact) mass is 178 g/mol. The largest absolute Gasteiger partial charge is 0.771 e. The van der Waals surface area contributed by atoms with Gasteiger partial charge in [-0.05, 0) is 30.5 Å². The predicted octanol–water partition coefficient (Wildman–Crippen LogP) is -0.720. The zero-order valence-electron chi connectivity index (χ0n) is 6.23. The maximum Gasteiger partial charge on any atom is 0.0616 e. The lowest BCUT2D eigenvalue weighted by Gasteiger charge is -2.23. The molecule has 0 amide bonds. The van der Waals surface area contributed by atoms with Gasteiger partial charge in [-0.1, -0.05) is 0 Å².